The van der Waals surface area contributed by atoms with Gasteiger partial charge in [-0.25, -0.2) is 0 Å². The molecule has 0 fully saturated rings. The van der Waals surface area contributed by atoms with E-state index >= 15 is 0 Å². The SMILES string of the molecule is CCOC(CCCC(P=O)C(=O)O)c1ccccc1. The standard InChI is InChI=1S/C14H19O4P/c1-2-18-12(11-7-4-3-5-8-11)9-6-10-13(19-17)14(15)16/h3-5,7-8,12-13H,2,6,9-10H2,1H3,(H,15,16). The Morgan fingerprint density at radius 3 is 2.53 bits per heavy atom. The molecule has 0 saturated carbocycles. The minimum absolute atomic E-state index is 0.0241. The van der Waals surface area contributed by atoms with E-state index in [4.69, 9.17) is 9.84 Å². The lowest BCUT2D eigenvalue weighted by Gasteiger charge is -2.17. The van der Waals surface area contributed by atoms with Crippen LogP contribution >= 0.6 is 8.46 Å². The zero-order valence-corrected chi connectivity index (χ0v) is 11.9. The molecule has 0 aliphatic carbocycles. The molecule has 4 nitrogen and oxygen atoms in total. The fourth-order valence-electron chi connectivity index (χ4n) is 1.93. The first-order chi connectivity index (χ1) is 9.19. The summed E-state index contributed by atoms with van der Waals surface area (Å²) >= 11 is 0. The van der Waals surface area contributed by atoms with Crippen LogP contribution in [0.3, 0.4) is 0 Å². The van der Waals surface area contributed by atoms with E-state index in [1.165, 1.54) is 0 Å². The van der Waals surface area contributed by atoms with Crippen molar-refractivity contribution < 1.29 is 19.2 Å². The highest BCUT2D eigenvalue weighted by atomic mass is 31.1. The molecule has 0 spiro atoms. The first kappa shape index (κ1) is 15.8. The number of aliphatic carboxylic acids is 1. The highest BCUT2D eigenvalue weighted by molar-refractivity contribution is 7.26. The zero-order chi connectivity index (χ0) is 14.1. The molecule has 0 radical (unpaired) electrons. The average Bonchev–Trinajstić information content (AvgIpc) is 2.43. The van der Waals surface area contributed by atoms with E-state index in [0.29, 0.717) is 19.4 Å². The molecular weight excluding hydrogens is 263 g/mol. The van der Waals surface area contributed by atoms with Gasteiger partial charge in [-0.15, -0.1) is 0 Å². The van der Waals surface area contributed by atoms with Gasteiger partial charge in [0.25, 0.3) is 0 Å². The van der Waals surface area contributed by atoms with Crippen LogP contribution in [0.15, 0.2) is 30.3 Å². The van der Waals surface area contributed by atoms with Gasteiger partial charge in [0.15, 0.2) is 8.46 Å². The molecule has 5 heteroatoms. The van der Waals surface area contributed by atoms with Crippen LogP contribution in [0.5, 0.6) is 0 Å². The Hall–Kier alpha value is -1.25. The summed E-state index contributed by atoms with van der Waals surface area (Å²) in [6, 6.07) is 9.86. The van der Waals surface area contributed by atoms with Crippen molar-refractivity contribution >= 4 is 14.4 Å². The van der Waals surface area contributed by atoms with Crippen molar-refractivity contribution in [2.24, 2.45) is 0 Å². The van der Waals surface area contributed by atoms with Crippen molar-refractivity contribution in [2.75, 3.05) is 6.61 Å². The Kier molecular flexibility index (Phi) is 7.31. The number of benzene rings is 1. The molecule has 0 bridgehead atoms. The molecule has 1 aromatic rings. The topological polar surface area (TPSA) is 63.6 Å². The highest BCUT2D eigenvalue weighted by Crippen LogP contribution is 2.25. The molecule has 1 aromatic carbocycles. The van der Waals surface area contributed by atoms with Crippen LogP contribution in [-0.2, 0) is 14.1 Å². The van der Waals surface area contributed by atoms with Crippen LogP contribution in [0, 0.1) is 0 Å². The summed E-state index contributed by atoms with van der Waals surface area (Å²) in [6.45, 7) is 2.55. The monoisotopic (exact) mass is 282 g/mol. The normalized spacial score (nSPS) is 14.2. The maximum absolute atomic E-state index is 10.8. The second-order valence-electron chi connectivity index (χ2n) is 4.25. The van der Waals surface area contributed by atoms with Gasteiger partial charge in [-0.1, -0.05) is 30.3 Å². The molecule has 2 unspecified atom stereocenters. The fourth-order valence-corrected chi connectivity index (χ4v) is 2.31. The van der Waals surface area contributed by atoms with Gasteiger partial charge >= 0.3 is 5.97 Å². The van der Waals surface area contributed by atoms with Gasteiger partial charge in [-0.3, -0.25) is 9.36 Å². The van der Waals surface area contributed by atoms with Crippen LogP contribution in [0.1, 0.15) is 37.9 Å². The summed E-state index contributed by atoms with van der Waals surface area (Å²) in [5.41, 5.74) is 0.286. The molecule has 1 rings (SSSR count). The van der Waals surface area contributed by atoms with E-state index in [-0.39, 0.29) is 14.6 Å². The number of hydrogen-bond donors (Lipinski definition) is 1. The number of carboxylic acid groups (broad SMARTS) is 1. The third kappa shape index (κ3) is 5.50. The van der Waals surface area contributed by atoms with Gasteiger partial charge in [0, 0.05) is 6.61 Å². The first-order valence-corrected chi connectivity index (χ1v) is 7.29. The summed E-state index contributed by atoms with van der Waals surface area (Å²) in [6.07, 6.45) is 1.78. The second-order valence-corrected chi connectivity index (χ2v) is 5.08. The van der Waals surface area contributed by atoms with Gasteiger partial charge in [0.05, 0.1) is 6.10 Å². The summed E-state index contributed by atoms with van der Waals surface area (Å²) in [7, 11) is -0.321. The molecule has 0 aliphatic heterocycles. The summed E-state index contributed by atoms with van der Waals surface area (Å²) in [5.74, 6) is -1.01. The summed E-state index contributed by atoms with van der Waals surface area (Å²) in [5, 5.41) is 8.82. The lowest BCUT2D eigenvalue weighted by molar-refractivity contribution is -0.136. The predicted molar refractivity (Wildman–Crippen MR) is 73.7 cm³/mol. The second kappa shape index (κ2) is 8.78. The number of hydrogen-bond acceptors (Lipinski definition) is 3. The highest BCUT2D eigenvalue weighted by Gasteiger charge is 2.18. The van der Waals surface area contributed by atoms with Gasteiger partial charge in [0.1, 0.15) is 5.66 Å². The van der Waals surface area contributed by atoms with Gasteiger partial charge in [0.2, 0.25) is 0 Å². The van der Waals surface area contributed by atoms with E-state index in [1.807, 2.05) is 37.3 Å². The Morgan fingerprint density at radius 1 is 1.32 bits per heavy atom. The number of ether oxygens (including phenoxy) is 1. The Labute approximate surface area is 115 Å². The van der Waals surface area contributed by atoms with E-state index < -0.39 is 11.6 Å². The molecule has 0 saturated heterocycles. The Morgan fingerprint density at radius 2 is 2.00 bits per heavy atom. The molecule has 0 amide bonds. The molecular formula is C14H19O4P. The van der Waals surface area contributed by atoms with E-state index in [9.17, 15) is 9.36 Å². The maximum Gasteiger partial charge on any atom is 0.318 e. The van der Waals surface area contributed by atoms with Crippen molar-refractivity contribution in [3.05, 3.63) is 35.9 Å². The molecule has 0 aliphatic rings. The minimum atomic E-state index is -1.01. The van der Waals surface area contributed by atoms with Crippen LogP contribution in [0.2, 0.25) is 0 Å². The van der Waals surface area contributed by atoms with Gasteiger partial charge in [-0.05, 0) is 31.7 Å². The van der Waals surface area contributed by atoms with Crippen LogP contribution in [-0.4, -0.2) is 23.3 Å². The Balaban J connectivity index is 2.51. The molecule has 2 atom stereocenters. The predicted octanol–water partition coefficient (Wildman–Crippen LogP) is 3.68. The molecule has 0 aromatic heterocycles. The number of rotatable bonds is 9. The lowest BCUT2D eigenvalue weighted by atomic mass is 10.0. The fraction of sp³-hybridized carbons (Fsp3) is 0.500. The van der Waals surface area contributed by atoms with Crippen LogP contribution in [0.25, 0.3) is 0 Å². The average molecular weight is 282 g/mol. The van der Waals surface area contributed by atoms with Crippen LogP contribution in [0.4, 0.5) is 0 Å². The van der Waals surface area contributed by atoms with Crippen molar-refractivity contribution in [1.82, 2.24) is 0 Å². The number of carbonyl (C=O) groups is 1. The van der Waals surface area contributed by atoms with E-state index in [1.54, 1.807) is 0 Å². The minimum Gasteiger partial charge on any atom is -0.480 e. The smallest absolute Gasteiger partial charge is 0.318 e. The first-order valence-electron chi connectivity index (χ1n) is 6.40. The van der Waals surface area contributed by atoms with Crippen molar-refractivity contribution in [3.8, 4) is 0 Å². The third-order valence-corrected chi connectivity index (χ3v) is 3.63. The quantitative estimate of drug-likeness (QED) is 0.702. The molecule has 104 valence electrons. The van der Waals surface area contributed by atoms with E-state index in [0.717, 1.165) is 12.0 Å². The third-order valence-electron chi connectivity index (χ3n) is 2.90. The Bertz CT molecular complexity index is 394. The number of carboxylic acids is 1. The largest absolute Gasteiger partial charge is 0.480 e. The zero-order valence-electron chi connectivity index (χ0n) is 11.0. The molecule has 19 heavy (non-hydrogen) atoms. The van der Waals surface area contributed by atoms with Crippen molar-refractivity contribution in [3.63, 3.8) is 0 Å². The van der Waals surface area contributed by atoms with Gasteiger partial charge < -0.3 is 9.84 Å². The summed E-state index contributed by atoms with van der Waals surface area (Å²) in [4.78, 5) is 10.8. The van der Waals surface area contributed by atoms with E-state index in [2.05, 4.69) is 0 Å². The molecule has 0 heterocycles. The lowest BCUT2D eigenvalue weighted by Crippen LogP contribution is -2.14. The van der Waals surface area contributed by atoms with Crippen molar-refractivity contribution in [2.45, 2.75) is 37.9 Å². The van der Waals surface area contributed by atoms with Crippen LogP contribution < -0.4 is 0 Å². The van der Waals surface area contributed by atoms with Crippen molar-refractivity contribution in [1.29, 1.82) is 0 Å². The maximum atomic E-state index is 10.8. The van der Waals surface area contributed by atoms with Gasteiger partial charge in [-0.2, -0.15) is 0 Å². The molecule has 1 N–H and O–H groups in total. The summed E-state index contributed by atoms with van der Waals surface area (Å²) < 4.78 is 16.4.